The lowest BCUT2D eigenvalue weighted by atomic mass is 9.89. The van der Waals surface area contributed by atoms with Gasteiger partial charge in [0.15, 0.2) is 0 Å². The number of piperidine rings is 1. The predicted octanol–water partition coefficient (Wildman–Crippen LogP) is 4.01. The highest BCUT2D eigenvalue weighted by Gasteiger charge is 2.49. The van der Waals surface area contributed by atoms with Crippen molar-refractivity contribution in [2.24, 2.45) is 5.92 Å². The minimum Gasteiger partial charge on any atom is -0.465 e. The molecule has 30 heavy (non-hydrogen) atoms. The summed E-state index contributed by atoms with van der Waals surface area (Å²) in [5.41, 5.74) is 0.146. The Balaban J connectivity index is 2.10. The van der Waals surface area contributed by atoms with Gasteiger partial charge in [0, 0.05) is 29.9 Å². The summed E-state index contributed by atoms with van der Waals surface area (Å²) in [6.45, 7) is 4.36. The molecule has 1 saturated heterocycles. The maximum atomic E-state index is 13.8. The maximum absolute atomic E-state index is 13.8. The number of amides is 1. The molecule has 11 heteroatoms. The van der Waals surface area contributed by atoms with Crippen molar-refractivity contribution in [3.8, 4) is 0 Å². The number of carbonyl (C=O) groups is 1. The number of anilines is 1. The minimum atomic E-state index is -4.55. The maximum Gasteiger partial charge on any atom is 0.408 e. The molecule has 0 aromatic carbocycles. The molecule has 0 bridgehead atoms. The average molecular weight is 430 g/mol. The predicted molar refractivity (Wildman–Crippen MR) is 103 cm³/mol. The highest BCUT2D eigenvalue weighted by molar-refractivity contribution is 5.70. The fourth-order valence-corrected chi connectivity index (χ4v) is 4.64. The lowest BCUT2D eigenvalue weighted by Gasteiger charge is -2.47. The second-order valence-corrected chi connectivity index (χ2v) is 8.88. The zero-order chi connectivity index (χ0) is 22.4. The standard InChI is InChI=1S/C19H25F3N4O4/c1-18(2,3)25(17(27)28)12-7-11(19(20,21)22)9-24(10-12)16-13-5-4-6-14(13)23-8-15(16)26(29)30/h8,11-12H,4-7,9-10H2,1-3H3,(H,27,28)/t11-,12+/m0/s1. The first-order chi connectivity index (χ1) is 13.8. The van der Waals surface area contributed by atoms with Crippen LogP contribution in [0.15, 0.2) is 6.20 Å². The first-order valence-corrected chi connectivity index (χ1v) is 9.79. The summed E-state index contributed by atoms with van der Waals surface area (Å²) in [6, 6.07) is -0.965. The topological polar surface area (TPSA) is 99.8 Å². The highest BCUT2D eigenvalue weighted by atomic mass is 19.4. The van der Waals surface area contributed by atoms with Gasteiger partial charge >= 0.3 is 18.0 Å². The molecule has 2 heterocycles. The molecule has 1 N–H and O–H groups in total. The number of pyridine rings is 1. The molecule has 1 aromatic rings. The van der Waals surface area contributed by atoms with Crippen LogP contribution in [0.3, 0.4) is 0 Å². The SMILES string of the molecule is CC(C)(C)N(C(=O)O)[C@@H]1C[C@H](C(F)(F)F)CN(c2c([N+](=O)[O-])cnc3c2CCC3)C1. The molecule has 1 aromatic heterocycles. The minimum absolute atomic E-state index is 0.0482. The van der Waals surface area contributed by atoms with Crippen molar-refractivity contribution in [2.75, 3.05) is 18.0 Å². The molecule has 0 radical (unpaired) electrons. The molecule has 0 spiro atoms. The van der Waals surface area contributed by atoms with Crippen molar-refractivity contribution < 1.29 is 28.0 Å². The second kappa shape index (κ2) is 7.59. The number of nitro groups is 1. The van der Waals surface area contributed by atoms with Crippen molar-refractivity contribution in [3.05, 3.63) is 27.6 Å². The third-order valence-electron chi connectivity index (χ3n) is 5.76. The Bertz CT molecular complexity index is 853. The fourth-order valence-electron chi connectivity index (χ4n) is 4.64. The molecule has 1 aliphatic carbocycles. The van der Waals surface area contributed by atoms with Gasteiger partial charge < -0.3 is 10.0 Å². The van der Waals surface area contributed by atoms with Crippen LogP contribution in [0.25, 0.3) is 0 Å². The first kappa shape index (κ1) is 22.1. The number of alkyl halides is 3. The van der Waals surface area contributed by atoms with Gasteiger partial charge in [-0.25, -0.2) is 4.79 Å². The van der Waals surface area contributed by atoms with Gasteiger partial charge in [-0.2, -0.15) is 13.2 Å². The number of fused-ring (bicyclic) bond motifs is 1. The Hall–Kier alpha value is -2.59. The van der Waals surface area contributed by atoms with Crippen LogP contribution in [0.1, 0.15) is 44.9 Å². The van der Waals surface area contributed by atoms with Crippen LogP contribution >= 0.6 is 0 Å². The summed E-state index contributed by atoms with van der Waals surface area (Å²) in [4.78, 5) is 29.4. The Morgan fingerprint density at radius 1 is 1.30 bits per heavy atom. The van der Waals surface area contributed by atoms with E-state index < -0.39 is 41.2 Å². The Labute approximate surface area is 171 Å². The van der Waals surface area contributed by atoms with E-state index in [-0.39, 0.29) is 24.3 Å². The van der Waals surface area contributed by atoms with E-state index in [4.69, 9.17) is 0 Å². The number of aryl methyl sites for hydroxylation is 1. The number of aromatic nitrogens is 1. The van der Waals surface area contributed by atoms with E-state index in [1.54, 1.807) is 20.8 Å². The number of halogens is 3. The second-order valence-electron chi connectivity index (χ2n) is 8.88. The average Bonchev–Trinajstić information content (AvgIpc) is 3.06. The molecule has 2 atom stereocenters. The summed E-state index contributed by atoms with van der Waals surface area (Å²) in [6.07, 6.45) is -3.31. The Kier molecular flexibility index (Phi) is 5.59. The van der Waals surface area contributed by atoms with Gasteiger partial charge in [-0.3, -0.25) is 20.0 Å². The molecule has 166 valence electrons. The molecular formula is C19H25F3N4O4. The van der Waals surface area contributed by atoms with Gasteiger partial charge in [0.2, 0.25) is 0 Å². The van der Waals surface area contributed by atoms with Crippen LogP contribution in [-0.4, -0.2) is 56.9 Å². The monoisotopic (exact) mass is 430 g/mol. The van der Waals surface area contributed by atoms with Crippen LogP contribution in [0.5, 0.6) is 0 Å². The fraction of sp³-hybridized carbons (Fsp3) is 0.684. The van der Waals surface area contributed by atoms with Crippen molar-refractivity contribution in [2.45, 2.75) is 64.2 Å². The van der Waals surface area contributed by atoms with E-state index in [2.05, 4.69) is 4.98 Å². The molecule has 1 amide bonds. The van der Waals surface area contributed by atoms with Crippen molar-refractivity contribution in [3.63, 3.8) is 0 Å². The number of nitrogens with zero attached hydrogens (tertiary/aromatic N) is 4. The van der Waals surface area contributed by atoms with E-state index in [0.717, 1.165) is 17.5 Å². The van der Waals surface area contributed by atoms with Crippen molar-refractivity contribution in [1.82, 2.24) is 9.88 Å². The van der Waals surface area contributed by atoms with Crippen LogP contribution in [0, 0.1) is 16.0 Å². The third-order valence-corrected chi connectivity index (χ3v) is 5.76. The molecule has 3 rings (SSSR count). The number of hydrogen-bond acceptors (Lipinski definition) is 5. The molecule has 8 nitrogen and oxygen atoms in total. The van der Waals surface area contributed by atoms with Crippen LogP contribution < -0.4 is 4.90 Å². The van der Waals surface area contributed by atoms with Gasteiger partial charge in [0.1, 0.15) is 11.9 Å². The first-order valence-electron chi connectivity index (χ1n) is 9.79. The van der Waals surface area contributed by atoms with Gasteiger partial charge in [-0.15, -0.1) is 0 Å². The van der Waals surface area contributed by atoms with E-state index >= 15 is 0 Å². The number of rotatable bonds is 3. The van der Waals surface area contributed by atoms with Gasteiger partial charge in [0.25, 0.3) is 0 Å². The normalized spacial score (nSPS) is 22.0. The summed E-state index contributed by atoms with van der Waals surface area (Å²) >= 11 is 0. The van der Waals surface area contributed by atoms with Crippen molar-refractivity contribution >= 4 is 17.5 Å². The van der Waals surface area contributed by atoms with Crippen LogP contribution in [-0.2, 0) is 12.8 Å². The highest BCUT2D eigenvalue weighted by Crippen LogP contribution is 2.43. The zero-order valence-corrected chi connectivity index (χ0v) is 17.1. The lowest BCUT2D eigenvalue weighted by Crippen LogP contribution is -2.60. The molecule has 1 aliphatic heterocycles. The molecule has 1 fully saturated rings. The largest absolute Gasteiger partial charge is 0.465 e. The molecular weight excluding hydrogens is 405 g/mol. The molecule has 0 unspecified atom stereocenters. The summed E-state index contributed by atoms with van der Waals surface area (Å²) in [7, 11) is 0. The summed E-state index contributed by atoms with van der Waals surface area (Å²) in [5.74, 6) is -1.80. The smallest absolute Gasteiger partial charge is 0.408 e. The third kappa shape index (κ3) is 4.15. The Morgan fingerprint density at radius 3 is 2.50 bits per heavy atom. The summed E-state index contributed by atoms with van der Waals surface area (Å²) in [5, 5.41) is 21.4. The van der Waals surface area contributed by atoms with E-state index in [1.807, 2.05) is 0 Å². The van der Waals surface area contributed by atoms with Gasteiger partial charge in [-0.1, -0.05) is 0 Å². The molecule has 2 aliphatic rings. The van der Waals surface area contributed by atoms with Crippen LogP contribution in [0.2, 0.25) is 0 Å². The van der Waals surface area contributed by atoms with E-state index in [9.17, 15) is 33.2 Å². The van der Waals surface area contributed by atoms with Gasteiger partial charge in [0.05, 0.1) is 16.9 Å². The molecule has 0 saturated carbocycles. The van der Waals surface area contributed by atoms with E-state index in [0.29, 0.717) is 24.1 Å². The van der Waals surface area contributed by atoms with E-state index in [1.165, 1.54) is 4.90 Å². The Morgan fingerprint density at radius 2 is 1.97 bits per heavy atom. The number of hydrogen-bond donors (Lipinski definition) is 1. The van der Waals surface area contributed by atoms with Gasteiger partial charge in [-0.05, 0) is 46.5 Å². The number of carboxylic acid groups (broad SMARTS) is 1. The lowest BCUT2D eigenvalue weighted by molar-refractivity contribution is -0.384. The zero-order valence-electron chi connectivity index (χ0n) is 17.1. The summed E-state index contributed by atoms with van der Waals surface area (Å²) < 4.78 is 41.3. The van der Waals surface area contributed by atoms with Crippen LogP contribution in [0.4, 0.5) is 29.3 Å². The van der Waals surface area contributed by atoms with Crippen molar-refractivity contribution in [1.29, 1.82) is 0 Å². The quantitative estimate of drug-likeness (QED) is 0.574.